The maximum atomic E-state index is 11.5. The second-order valence-corrected chi connectivity index (χ2v) is 6.17. The number of carboxylic acids is 1. The van der Waals surface area contributed by atoms with Crippen LogP contribution >= 0.6 is 11.6 Å². The highest BCUT2D eigenvalue weighted by molar-refractivity contribution is 6.31. The Morgan fingerprint density at radius 1 is 1.47 bits per heavy atom. The Morgan fingerprint density at radius 2 is 2.16 bits per heavy atom. The van der Waals surface area contributed by atoms with Gasteiger partial charge in [-0.15, -0.1) is 0 Å². The summed E-state index contributed by atoms with van der Waals surface area (Å²) in [5.41, 5.74) is 2.04. The lowest BCUT2D eigenvalue weighted by atomic mass is 9.66. The number of aliphatic carboxylic acids is 1. The van der Waals surface area contributed by atoms with E-state index >= 15 is 0 Å². The third-order valence-corrected chi connectivity index (χ3v) is 4.52. The summed E-state index contributed by atoms with van der Waals surface area (Å²) in [6, 6.07) is 5.86. The summed E-state index contributed by atoms with van der Waals surface area (Å²) >= 11 is 6.19. The van der Waals surface area contributed by atoms with Crippen LogP contribution in [-0.4, -0.2) is 11.1 Å². The first-order valence-electron chi connectivity index (χ1n) is 6.55. The topological polar surface area (TPSA) is 37.3 Å². The standard InChI is InChI=1S/C16H19ClO2/c1-10-4-7-13(15(18)19)16(3,9-10)12-6-5-11(2)14(17)8-12/h5-8,10H,4,9H2,1-3H3,(H,18,19). The first-order chi connectivity index (χ1) is 8.84. The summed E-state index contributed by atoms with van der Waals surface area (Å²) in [6.45, 7) is 6.11. The van der Waals surface area contributed by atoms with Crippen LogP contribution in [0.4, 0.5) is 0 Å². The third kappa shape index (κ3) is 2.55. The molecule has 3 heteroatoms. The molecule has 1 aromatic carbocycles. The van der Waals surface area contributed by atoms with Crippen molar-refractivity contribution >= 4 is 17.6 Å². The molecule has 2 unspecified atom stereocenters. The molecule has 0 aliphatic heterocycles. The summed E-state index contributed by atoms with van der Waals surface area (Å²) < 4.78 is 0. The molecule has 1 N–H and O–H groups in total. The first kappa shape index (κ1) is 14.1. The minimum atomic E-state index is -0.828. The Balaban J connectivity index is 2.54. The zero-order chi connectivity index (χ0) is 14.2. The molecule has 2 nitrogen and oxygen atoms in total. The highest BCUT2D eigenvalue weighted by Gasteiger charge is 2.39. The summed E-state index contributed by atoms with van der Waals surface area (Å²) in [7, 11) is 0. The molecule has 2 atom stereocenters. The van der Waals surface area contributed by atoms with Crippen molar-refractivity contribution in [3.63, 3.8) is 0 Å². The smallest absolute Gasteiger partial charge is 0.332 e. The number of hydrogen-bond donors (Lipinski definition) is 1. The zero-order valence-corrected chi connectivity index (χ0v) is 12.3. The Hall–Kier alpha value is -1.28. The Bertz CT molecular complexity index is 548. The molecule has 0 heterocycles. The first-order valence-corrected chi connectivity index (χ1v) is 6.93. The summed E-state index contributed by atoms with van der Waals surface area (Å²) in [4.78, 5) is 11.5. The molecule has 0 radical (unpaired) electrons. The summed E-state index contributed by atoms with van der Waals surface area (Å²) in [5, 5.41) is 10.1. The van der Waals surface area contributed by atoms with Gasteiger partial charge in [-0.1, -0.05) is 43.7 Å². The molecular weight excluding hydrogens is 260 g/mol. The molecule has 1 aromatic rings. The Morgan fingerprint density at radius 3 is 2.74 bits per heavy atom. The number of carboxylic acid groups (broad SMARTS) is 1. The summed E-state index contributed by atoms with van der Waals surface area (Å²) in [5.74, 6) is -0.348. The fraction of sp³-hybridized carbons (Fsp3) is 0.438. The largest absolute Gasteiger partial charge is 0.478 e. The molecular formula is C16H19ClO2. The molecule has 2 rings (SSSR count). The van der Waals surface area contributed by atoms with Crippen molar-refractivity contribution in [1.82, 2.24) is 0 Å². The van der Waals surface area contributed by atoms with Crippen LogP contribution in [0.2, 0.25) is 5.02 Å². The lowest BCUT2D eigenvalue weighted by Gasteiger charge is -2.37. The number of rotatable bonds is 2. The van der Waals surface area contributed by atoms with Crippen molar-refractivity contribution < 1.29 is 9.90 Å². The van der Waals surface area contributed by atoms with E-state index in [2.05, 4.69) is 6.92 Å². The summed E-state index contributed by atoms with van der Waals surface area (Å²) in [6.07, 6.45) is 3.53. The van der Waals surface area contributed by atoms with E-state index in [1.165, 1.54) is 0 Å². The van der Waals surface area contributed by atoms with Gasteiger partial charge >= 0.3 is 5.97 Å². The van der Waals surface area contributed by atoms with Crippen LogP contribution in [0.15, 0.2) is 29.8 Å². The minimum Gasteiger partial charge on any atom is -0.478 e. The van der Waals surface area contributed by atoms with E-state index < -0.39 is 11.4 Å². The molecule has 102 valence electrons. The molecule has 0 amide bonds. The van der Waals surface area contributed by atoms with Crippen LogP contribution < -0.4 is 0 Å². The molecule has 0 saturated heterocycles. The normalized spacial score (nSPS) is 26.9. The predicted octanol–water partition coefficient (Wildman–Crippen LogP) is 4.35. The van der Waals surface area contributed by atoms with Crippen molar-refractivity contribution in [2.24, 2.45) is 5.92 Å². The van der Waals surface area contributed by atoms with Crippen LogP contribution in [0, 0.1) is 12.8 Å². The maximum Gasteiger partial charge on any atom is 0.332 e. The molecule has 0 fully saturated rings. The number of allylic oxidation sites excluding steroid dienone is 1. The highest BCUT2D eigenvalue weighted by Crippen LogP contribution is 2.43. The van der Waals surface area contributed by atoms with Crippen molar-refractivity contribution in [2.75, 3.05) is 0 Å². The van der Waals surface area contributed by atoms with Gasteiger partial charge in [-0.25, -0.2) is 4.79 Å². The van der Waals surface area contributed by atoms with E-state index in [1.807, 2.05) is 38.1 Å². The van der Waals surface area contributed by atoms with Crippen LogP contribution in [0.3, 0.4) is 0 Å². The van der Waals surface area contributed by atoms with Gasteiger partial charge in [0, 0.05) is 16.0 Å². The van der Waals surface area contributed by atoms with Gasteiger partial charge < -0.3 is 5.11 Å². The molecule has 1 aliphatic carbocycles. The molecule has 0 spiro atoms. The van der Waals surface area contributed by atoms with Crippen LogP contribution in [0.25, 0.3) is 0 Å². The van der Waals surface area contributed by atoms with Crippen LogP contribution in [-0.2, 0) is 10.2 Å². The number of benzene rings is 1. The van der Waals surface area contributed by atoms with E-state index in [0.29, 0.717) is 16.5 Å². The highest BCUT2D eigenvalue weighted by atomic mass is 35.5. The molecule has 0 bridgehead atoms. The fourth-order valence-electron chi connectivity index (χ4n) is 2.97. The van der Waals surface area contributed by atoms with Crippen molar-refractivity contribution in [3.05, 3.63) is 46.0 Å². The van der Waals surface area contributed by atoms with E-state index in [-0.39, 0.29) is 0 Å². The monoisotopic (exact) mass is 278 g/mol. The van der Waals surface area contributed by atoms with Crippen molar-refractivity contribution in [2.45, 2.75) is 39.0 Å². The van der Waals surface area contributed by atoms with Crippen LogP contribution in [0.5, 0.6) is 0 Å². The SMILES string of the molecule is Cc1ccc(C2(C)CC(C)CC=C2C(=O)O)cc1Cl. The number of hydrogen-bond acceptors (Lipinski definition) is 1. The lowest BCUT2D eigenvalue weighted by Crippen LogP contribution is -2.34. The van der Waals surface area contributed by atoms with Gasteiger partial charge in [-0.05, 0) is 42.9 Å². The van der Waals surface area contributed by atoms with Gasteiger partial charge in [-0.2, -0.15) is 0 Å². The number of halogens is 1. The van der Waals surface area contributed by atoms with Crippen LogP contribution in [0.1, 0.15) is 37.8 Å². The van der Waals surface area contributed by atoms with Gasteiger partial charge in [0.1, 0.15) is 0 Å². The minimum absolute atomic E-state index is 0.458. The van der Waals surface area contributed by atoms with Crippen molar-refractivity contribution in [1.29, 1.82) is 0 Å². The maximum absolute atomic E-state index is 11.5. The zero-order valence-electron chi connectivity index (χ0n) is 11.5. The lowest BCUT2D eigenvalue weighted by molar-refractivity contribution is -0.133. The van der Waals surface area contributed by atoms with Gasteiger partial charge in [0.05, 0.1) is 0 Å². The average Bonchev–Trinajstić information content (AvgIpc) is 2.31. The third-order valence-electron chi connectivity index (χ3n) is 4.11. The predicted molar refractivity (Wildman–Crippen MR) is 77.7 cm³/mol. The van der Waals surface area contributed by atoms with E-state index in [0.717, 1.165) is 24.0 Å². The van der Waals surface area contributed by atoms with E-state index in [4.69, 9.17) is 11.6 Å². The second-order valence-electron chi connectivity index (χ2n) is 5.76. The Labute approximate surface area is 119 Å². The van der Waals surface area contributed by atoms with Crippen molar-refractivity contribution in [3.8, 4) is 0 Å². The van der Waals surface area contributed by atoms with Gasteiger partial charge in [0.15, 0.2) is 0 Å². The van der Waals surface area contributed by atoms with Gasteiger partial charge in [0.25, 0.3) is 0 Å². The molecule has 0 aromatic heterocycles. The fourth-order valence-corrected chi connectivity index (χ4v) is 3.15. The number of carbonyl (C=O) groups is 1. The average molecular weight is 279 g/mol. The quantitative estimate of drug-likeness (QED) is 0.873. The molecule has 19 heavy (non-hydrogen) atoms. The molecule has 0 saturated carbocycles. The number of aryl methyl sites for hydroxylation is 1. The van der Waals surface area contributed by atoms with E-state index in [9.17, 15) is 9.90 Å². The van der Waals surface area contributed by atoms with Gasteiger partial charge in [0.2, 0.25) is 0 Å². The van der Waals surface area contributed by atoms with E-state index in [1.54, 1.807) is 0 Å². The van der Waals surface area contributed by atoms with Gasteiger partial charge in [-0.3, -0.25) is 0 Å². The Kier molecular flexibility index (Phi) is 3.73. The second kappa shape index (κ2) is 5.01. The molecule has 1 aliphatic rings.